The lowest BCUT2D eigenvalue weighted by Gasteiger charge is -2.27. The molecule has 0 N–H and O–H groups in total. The summed E-state index contributed by atoms with van der Waals surface area (Å²) >= 11 is 0. The zero-order valence-electron chi connectivity index (χ0n) is 8.73. The van der Waals surface area contributed by atoms with Crippen molar-refractivity contribution in [2.75, 3.05) is 14.2 Å². The molecular weight excluding hydrogens is 253 g/mol. The fourth-order valence-electron chi connectivity index (χ4n) is 0.912. The second-order valence-corrected chi connectivity index (χ2v) is 6.45. The highest BCUT2D eigenvalue weighted by molar-refractivity contribution is 8.01. The van der Waals surface area contributed by atoms with Crippen LogP contribution in [0.3, 0.4) is 0 Å². The topological polar surface area (TPSA) is 83.8 Å². The minimum absolute atomic E-state index is 0.0654. The van der Waals surface area contributed by atoms with Gasteiger partial charge in [-0.15, -0.1) is 0 Å². The van der Waals surface area contributed by atoms with Gasteiger partial charge in [-0.25, -0.2) is 8.42 Å². The molecule has 0 radical (unpaired) electrons. The number of sulfonamides is 1. The van der Waals surface area contributed by atoms with Crippen molar-refractivity contribution in [2.24, 2.45) is 0 Å². The third kappa shape index (κ3) is 3.13. The Morgan fingerprint density at radius 3 is 2.06 bits per heavy atom. The van der Waals surface area contributed by atoms with Crippen LogP contribution in [0, 0.1) is 0 Å². The lowest BCUT2D eigenvalue weighted by molar-refractivity contribution is 0.285. The fraction of sp³-hybridized carbons (Fsp3) is 0.250. The van der Waals surface area contributed by atoms with Gasteiger partial charge in [0.1, 0.15) is 10.0 Å². The van der Waals surface area contributed by atoms with Crippen LogP contribution in [0.2, 0.25) is 0 Å². The van der Waals surface area contributed by atoms with E-state index in [1.54, 1.807) is 6.07 Å². The van der Waals surface area contributed by atoms with Gasteiger partial charge in [-0.1, -0.05) is 18.2 Å². The van der Waals surface area contributed by atoms with Gasteiger partial charge in [0.15, 0.2) is 0 Å². The van der Waals surface area contributed by atoms with E-state index >= 15 is 0 Å². The molecule has 90 valence electrons. The van der Waals surface area contributed by atoms with Crippen molar-refractivity contribution in [2.45, 2.75) is 4.90 Å². The first-order valence-electron chi connectivity index (χ1n) is 4.19. The number of nitrogens with zero attached hydrogens (tertiary/aromatic N) is 1. The number of hydrogen-bond acceptors (Lipinski definition) is 5. The smallest absolute Gasteiger partial charge is 0.253 e. The van der Waals surface area contributed by atoms with Crippen molar-refractivity contribution in [1.82, 2.24) is 0 Å². The highest BCUT2D eigenvalue weighted by Crippen LogP contribution is 2.55. The minimum Gasteiger partial charge on any atom is -0.438 e. The molecule has 8 heteroatoms. The van der Waals surface area contributed by atoms with Gasteiger partial charge in [0.25, 0.3) is 7.75 Å². The molecule has 0 unspecified atom stereocenters. The van der Waals surface area contributed by atoms with Crippen molar-refractivity contribution in [3.05, 3.63) is 34.8 Å². The maximum absolute atomic E-state index is 11.7. The molecule has 0 bridgehead atoms. The first kappa shape index (κ1) is 13.3. The van der Waals surface area contributed by atoms with E-state index in [0.29, 0.717) is 0 Å². The number of benzene rings is 1. The molecule has 0 aliphatic heterocycles. The molecule has 1 rings (SSSR count). The van der Waals surface area contributed by atoms with Gasteiger partial charge in [0.05, 0.1) is 0 Å². The maximum Gasteiger partial charge on any atom is 0.253 e. The highest BCUT2D eigenvalue weighted by atomic mass is 32.2. The van der Waals surface area contributed by atoms with Crippen LogP contribution in [-0.4, -0.2) is 22.6 Å². The molecule has 6 nitrogen and oxygen atoms in total. The van der Waals surface area contributed by atoms with E-state index in [1.807, 2.05) is 0 Å². The Labute approximate surface area is 94.2 Å². The van der Waals surface area contributed by atoms with E-state index in [2.05, 4.69) is 13.5 Å². The Hall–Kier alpha value is -0.720. The van der Waals surface area contributed by atoms with Crippen LogP contribution in [0.4, 0.5) is 0 Å². The summed E-state index contributed by atoms with van der Waals surface area (Å²) in [6.07, 6.45) is 0. The van der Waals surface area contributed by atoms with Crippen molar-refractivity contribution in [3.8, 4) is 0 Å². The van der Waals surface area contributed by atoms with E-state index in [1.165, 1.54) is 24.3 Å². The van der Waals surface area contributed by atoms with E-state index in [4.69, 9.17) is 0 Å². The van der Waals surface area contributed by atoms with Gasteiger partial charge in [-0.05, 0) is 12.1 Å². The molecule has 0 amide bonds. The Balaban J connectivity index is 3.02. The molecule has 0 aliphatic carbocycles. The molecule has 0 fully saturated rings. The number of hydrogen-bond donors (Lipinski definition) is 0. The number of rotatable bonds is 5. The van der Waals surface area contributed by atoms with Gasteiger partial charge in [-0.2, -0.15) is 0 Å². The van der Waals surface area contributed by atoms with Crippen LogP contribution < -0.4 is 0 Å². The summed E-state index contributed by atoms with van der Waals surface area (Å²) in [5, 5.41) is 0. The summed E-state index contributed by atoms with van der Waals surface area (Å²) in [6.45, 7) is 0. The van der Waals surface area contributed by atoms with Crippen LogP contribution in [-0.2, 0) is 23.6 Å². The lowest BCUT2D eigenvalue weighted by Crippen LogP contribution is -2.00. The highest BCUT2D eigenvalue weighted by Gasteiger charge is 2.16. The van der Waals surface area contributed by atoms with Crippen LogP contribution >= 0.6 is 7.75 Å². The Morgan fingerprint density at radius 1 is 1.12 bits per heavy atom. The summed E-state index contributed by atoms with van der Waals surface area (Å²) in [4.78, 5) is -0.0654. The zero-order chi connectivity index (χ0) is 12.2. The molecule has 0 atom stereocenters. The molecule has 0 aromatic heterocycles. The van der Waals surface area contributed by atoms with Crippen molar-refractivity contribution in [3.63, 3.8) is 0 Å². The van der Waals surface area contributed by atoms with Gasteiger partial charge in [0, 0.05) is 19.1 Å². The van der Waals surface area contributed by atoms with Crippen LogP contribution in [0.25, 0.3) is 4.49 Å². The minimum atomic E-state index is -4.03. The van der Waals surface area contributed by atoms with Crippen LogP contribution in [0.1, 0.15) is 0 Å². The van der Waals surface area contributed by atoms with Gasteiger partial charge >= 0.3 is 0 Å². The van der Waals surface area contributed by atoms with Gasteiger partial charge in [0.2, 0.25) is 0 Å². The standard InChI is InChI=1S/C8H11NO5PS/c1-13-15(10,14-2)9-16(11,12)8-6-4-3-5-7-8/h3-7H,1-2H3/q-1. The summed E-state index contributed by atoms with van der Waals surface area (Å²) in [7, 11) is -5.83. The van der Waals surface area contributed by atoms with E-state index in [9.17, 15) is 13.0 Å². The Kier molecular flexibility index (Phi) is 4.23. The van der Waals surface area contributed by atoms with Crippen molar-refractivity contribution >= 4 is 17.8 Å². The normalized spacial score (nSPS) is 12.6. The lowest BCUT2D eigenvalue weighted by atomic mass is 10.4. The van der Waals surface area contributed by atoms with Crippen molar-refractivity contribution in [1.29, 1.82) is 0 Å². The predicted molar refractivity (Wildman–Crippen MR) is 58.6 cm³/mol. The SMILES string of the molecule is COP(=O)([N-]S(=O)(=O)c1ccccc1)OC. The summed E-state index contributed by atoms with van der Waals surface area (Å²) < 4.78 is 46.9. The quantitative estimate of drug-likeness (QED) is 0.761. The molecule has 0 aliphatic rings. The zero-order valence-corrected chi connectivity index (χ0v) is 10.4. The van der Waals surface area contributed by atoms with Gasteiger partial charge in [-0.3, -0.25) is 4.57 Å². The van der Waals surface area contributed by atoms with E-state index < -0.39 is 17.8 Å². The van der Waals surface area contributed by atoms with E-state index in [0.717, 1.165) is 14.2 Å². The molecule has 16 heavy (non-hydrogen) atoms. The van der Waals surface area contributed by atoms with Gasteiger partial charge < -0.3 is 13.5 Å². The third-order valence-electron chi connectivity index (χ3n) is 1.71. The second-order valence-electron chi connectivity index (χ2n) is 2.70. The molecule has 0 saturated carbocycles. The Bertz CT molecular complexity index is 478. The fourth-order valence-corrected chi connectivity index (χ4v) is 3.53. The first-order chi connectivity index (χ1) is 7.43. The summed E-state index contributed by atoms with van der Waals surface area (Å²) in [5.41, 5.74) is 0. The summed E-state index contributed by atoms with van der Waals surface area (Å²) in [5.74, 6) is 0. The first-order valence-corrected chi connectivity index (χ1v) is 7.13. The molecule has 0 saturated heterocycles. The van der Waals surface area contributed by atoms with Crippen LogP contribution in [0.5, 0.6) is 0 Å². The van der Waals surface area contributed by atoms with Crippen molar-refractivity contribution < 1.29 is 22.0 Å². The average Bonchev–Trinajstić information content (AvgIpc) is 2.29. The molecule has 1 aromatic rings. The molecule has 0 spiro atoms. The summed E-state index contributed by atoms with van der Waals surface area (Å²) in [6, 6.07) is 7.41. The maximum atomic E-state index is 11.7. The molecular formula is C8H11NO5PS-. The second kappa shape index (κ2) is 5.07. The average molecular weight is 264 g/mol. The van der Waals surface area contributed by atoms with Crippen LogP contribution in [0.15, 0.2) is 35.2 Å². The molecule has 0 heterocycles. The van der Waals surface area contributed by atoms with E-state index in [-0.39, 0.29) is 4.90 Å². The monoisotopic (exact) mass is 264 g/mol. The predicted octanol–water partition coefficient (Wildman–Crippen LogP) is 2.15. The third-order valence-corrected chi connectivity index (χ3v) is 5.16. The Morgan fingerprint density at radius 2 is 1.62 bits per heavy atom. The molecule has 1 aromatic carbocycles. The largest absolute Gasteiger partial charge is 0.438 e.